The first kappa shape index (κ1) is 16.8. The molecule has 136 valence electrons. The zero-order valence-corrected chi connectivity index (χ0v) is 15.0. The average molecular weight is 362 g/mol. The Kier molecular flexibility index (Phi) is 4.57. The molecule has 7 nitrogen and oxygen atoms in total. The van der Waals surface area contributed by atoms with E-state index < -0.39 is 0 Å². The quantitative estimate of drug-likeness (QED) is 0.557. The minimum Gasteiger partial charge on any atom is -0.497 e. The van der Waals surface area contributed by atoms with E-state index >= 15 is 0 Å². The van der Waals surface area contributed by atoms with Crippen LogP contribution in [0.5, 0.6) is 11.5 Å². The van der Waals surface area contributed by atoms with Crippen LogP contribution in [0.25, 0.3) is 22.4 Å². The predicted molar refractivity (Wildman–Crippen MR) is 102 cm³/mol. The number of anilines is 1. The molecule has 0 aliphatic heterocycles. The predicted octanol–water partition coefficient (Wildman–Crippen LogP) is 3.91. The van der Waals surface area contributed by atoms with Gasteiger partial charge in [0.1, 0.15) is 34.7 Å². The lowest BCUT2D eigenvalue weighted by molar-refractivity contribution is 0.410. The standard InChI is InChI=1S/C20H18N4O3/c1-25-15-8-5-7-13(10-15)18-17-19(22-12-23-20(17)27-24-18)21-11-14-6-3-4-9-16(14)26-2/h3-10,12H,11H2,1-2H3,(H,21,22,23). The Labute approximate surface area is 156 Å². The van der Waals surface area contributed by atoms with Crippen molar-refractivity contribution in [1.82, 2.24) is 15.1 Å². The molecule has 0 amide bonds. The number of rotatable bonds is 6. The van der Waals surface area contributed by atoms with Gasteiger partial charge in [-0.2, -0.15) is 4.98 Å². The number of hydrogen-bond donors (Lipinski definition) is 1. The lowest BCUT2D eigenvalue weighted by atomic mass is 10.1. The van der Waals surface area contributed by atoms with Gasteiger partial charge in [0, 0.05) is 17.7 Å². The first-order valence-corrected chi connectivity index (χ1v) is 8.40. The molecule has 2 heterocycles. The van der Waals surface area contributed by atoms with Gasteiger partial charge in [0.2, 0.25) is 0 Å². The summed E-state index contributed by atoms with van der Waals surface area (Å²) < 4.78 is 16.1. The van der Waals surface area contributed by atoms with Gasteiger partial charge in [-0.25, -0.2) is 4.98 Å². The van der Waals surface area contributed by atoms with E-state index in [2.05, 4.69) is 20.4 Å². The lowest BCUT2D eigenvalue weighted by Gasteiger charge is -2.10. The van der Waals surface area contributed by atoms with Crippen LogP contribution in [0.2, 0.25) is 0 Å². The Balaban J connectivity index is 1.72. The van der Waals surface area contributed by atoms with Crippen LogP contribution in [0.4, 0.5) is 5.82 Å². The summed E-state index contributed by atoms with van der Waals surface area (Å²) in [5.41, 5.74) is 2.96. The van der Waals surface area contributed by atoms with Crippen molar-refractivity contribution in [1.29, 1.82) is 0 Å². The molecule has 0 aliphatic carbocycles. The van der Waals surface area contributed by atoms with Crippen molar-refractivity contribution in [3.05, 3.63) is 60.4 Å². The number of methoxy groups -OCH3 is 2. The summed E-state index contributed by atoms with van der Waals surface area (Å²) in [4.78, 5) is 8.57. The van der Waals surface area contributed by atoms with Crippen LogP contribution < -0.4 is 14.8 Å². The minimum absolute atomic E-state index is 0.422. The number of ether oxygens (including phenoxy) is 2. The van der Waals surface area contributed by atoms with Crippen molar-refractivity contribution in [2.45, 2.75) is 6.54 Å². The molecule has 2 aromatic heterocycles. The van der Waals surface area contributed by atoms with Crippen LogP contribution in [-0.2, 0) is 6.54 Å². The third kappa shape index (κ3) is 3.27. The fraction of sp³-hybridized carbons (Fsp3) is 0.150. The molecule has 0 radical (unpaired) electrons. The van der Waals surface area contributed by atoms with Crippen LogP contribution in [0.3, 0.4) is 0 Å². The van der Waals surface area contributed by atoms with E-state index in [0.29, 0.717) is 23.8 Å². The lowest BCUT2D eigenvalue weighted by Crippen LogP contribution is -2.04. The molecule has 0 fully saturated rings. The van der Waals surface area contributed by atoms with Crippen molar-refractivity contribution in [3.63, 3.8) is 0 Å². The second kappa shape index (κ2) is 7.33. The molecule has 0 atom stereocenters. The van der Waals surface area contributed by atoms with Crippen molar-refractivity contribution in [2.75, 3.05) is 19.5 Å². The van der Waals surface area contributed by atoms with Gasteiger partial charge in [0.15, 0.2) is 0 Å². The molecule has 1 N–H and O–H groups in total. The summed E-state index contributed by atoms with van der Waals surface area (Å²) in [6, 6.07) is 15.4. The van der Waals surface area contributed by atoms with Crippen LogP contribution in [0, 0.1) is 0 Å². The second-order valence-electron chi connectivity index (χ2n) is 5.83. The van der Waals surface area contributed by atoms with Crippen molar-refractivity contribution >= 4 is 16.9 Å². The molecule has 4 rings (SSSR count). The van der Waals surface area contributed by atoms with E-state index in [4.69, 9.17) is 14.0 Å². The summed E-state index contributed by atoms with van der Waals surface area (Å²) >= 11 is 0. The zero-order chi connectivity index (χ0) is 18.6. The molecule has 0 saturated heterocycles. The van der Waals surface area contributed by atoms with Crippen LogP contribution >= 0.6 is 0 Å². The number of hydrogen-bond acceptors (Lipinski definition) is 7. The monoisotopic (exact) mass is 362 g/mol. The molecule has 7 heteroatoms. The summed E-state index contributed by atoms with van der Waals surface area (Å²) in [7, 11) is 3.28. The van der Waals surface area contributed by atoms with Gasteiger partial charge in [-0.15, -0.1) is 0 Å². The molecule has 4 aromatic rings. The third-order valence-corrected chi connectivity index (χ3v) is 4.25. The normalized spacial score (nSPS) is 10.7. The smallest absolute Gasteiger partial charge is 0.263 e. The summed E-state index contributed by atoms with van der Waals surface area (Å²) in [6.45, 7) is 0.541. The summed E-state index contributed by atoms with van der Waals surface area (Å²) in [6.07, 6.45) is 1.45. The highest BCUT2D eigenvalue weighted by atomic mass is 16.5. The molecule has 0 unspecified atom stereocenters. The van der Waals surface area contributed by atoms with E-state index in [1.54, 1.807) is 14.2 Å². The fourth-order valence-electron chi connectivity index (χ4n) is 2.92. The SMILES string of the molecule is COc1cccc(-c2noc3ncnc(NCc4ccccc4OC)c23)c1. The number of aromatic nitrogens is 3. The largest absolute Gasteiger partial charge is 0.497 e. The first-order valence-electron chi connectivity index (χ1n) is 8.40. The third-order valence-electron chi connectivity index (χ3n) is 4.25. The van der Waals surface area contributed by atoms with Gasteiger partial charge < -0.3 is 19.3 Å². The van der Waals surface area contributed by atoms with Gasteiger partial charge in [-0.05, 0) is 18.2 Å². The Morgan fingerprint density at radius 1 is 1.00 bits per heavy atom. The molecule has 0 aliphatic rings. The molecule has 27 heavy (non-hydrogen) atoms. The van der Waals surface area contributed by atoms with Gasteiger partial charge in [-0.1, -0.05) is 35.5 Å². The highest BCUT2D eigenvalue weighted by Gasteiger charge is 2.17. The Hall–Kier alpha value is -3.61. The molecular weight excluding hydrogens is 344 g/mol. The van der Waals surface area contributed by atoms with E-state index in [1.807, 2.05) is 48.5 Å². The van der Waals surface area contributed by atoms with E-state index in [0.717, 1.165) is 28.0 Å². The molecule has 0 saturated carbocycles. The minimum atomic E-state index is 0.422. The van der Waals surface area contributed by atoms with E-state index in [9.17, 15) is 0 Å². The number of fused-ring (bicyclic) bond motifs is 1. The number of nitrogens with one attached hydrogen (secondary N) is 1. The average Bonchev–Trinajstić information content (AvgIpc) is 3.17. The highest BCUT2D eigenvalue weighted by Crippen LogP contribution is 2.33. The van der Waals surface area contributed by atoms with E-state index in [-0.39, 0.29) is 0 Å². The Morgan fingerprint density at radius 3 is 2.74 bits per heavy atom. The maximum Gasteiger partial charge on any atom is 0.263 e. The number of nitrogens with zero attached hydrogens (tertiary/aromatic N) is 3. The maximum atomic E-state index is 5.41. The van der Waals surface area contributed by atoms with Crippen molar-refractivity contribution in [3.8, 4) is 22.8 Å². The summed E-state index contributed by atoms with van der Waals surface area (Å²) in [5.74, 6) is 2.20. The van der Waals surface area contributed by atoms with Gasteiger partial charge in [0.25, 0.3) is 5.71 Å². The first-order chi connectivity index (χ1) is 13.3. The molecule has 2 aromatic carbocycles. The Bertz CT molecular complexity index is 1080. The van der Waals surface area contributed by atoms with Gasteiger partial charge in [0.05, 0.1) is 14.2 Å². The Morgan fingerprint density at radius 2 is 1.89 bits per heavy atom. The highest BCUT2D eigenvalue weighted by molar-refractivity contribution is 5.97. The summed E-state index contributed by atoms with van der Waals surface area (Å²) in [5, 5.41) is 8.26. The van der Waals surface area contributed by atoms with Crippen molar-refractivity contribution in [2.24, 2.45) is 0 Å². The molecule has 0 spiro atoms. The van der Waals surface area contributed by atoms with Crippen molar-refractivity contribution < 1.29 is 14.0 Å². The fourth-order valence-corrected chi connectivity index (χ4v) is 2.92. The van der Waals surface area contributed by atoms with Gasteiger partial charge in [-0.3, -0.25) is 0 Å². The zero-order valence-electron chi connectivity index (χ0n) is 15.0. The number of benzene rings is 2. The van der Waals surface area contributed by atoms with Crippen LogP contribution in [0.1, 0.15) is 5.56 Å². The maximum absolute atomic E-state index is 5.41. The second-order valence-corrected chi connectivity index (χ2v) is 5.83. The van der Waals surface area contributed by atoms with Gasteiger partial charge >= 0.3 is 0 Å². The topological polar surface area (TPSA) is 82.3 Å². The molecular formula is C20H18N4O3. The van der Waals surface area contributed by atoms with Crippen LogP contribution in [0.15, 0.2) is 59.4 Å². The number of para-hydroxylation sites is 1. The van der Waals surface area contributed by atoms with Crippen LogP contribution in [-0.4, -0.2) is 29.3 Å². The van der Waals surface area contributed by atoms with E-state index in [1.165, 1.54) is 6.33 Å². The molecule has 0 bridgehead atoms.